The number of hydrogen-bond donors (Lipinski definition) is 1. The minimum absolute atomic E-state index is 0.663. The summed E-state index contributed by atoms with van der Waals surface area (Å²) in [5, 5.41) is 3.36. The van der Waals surface area contributed by atoms with E-state index in [1.54, 1.807) is 21.3 Å². The highest BCUT2D eigenvalue weighted by Crippen LogP contribution is 2.24. The summed E-state index contributed by atoms with van der Waals surface area (Å²) in [6.45, 7) is 3.85. The minimum atomic E-state index is 0.663. The van der Waals surface area contributed by atoms with Gasteiger partial charge in [0.25, 0.3) is 0 Å². The molecule has 0 atom stereocenters. The smallest absolute Gasteiger partial charge is 0.193 e. The number of ether oxygens (including phenoxy) is 2. The van der Waals surface area contributed by atoms with Crippen molar-refractivity contribution in [1.29, 1.82) is 0 Å². The third-order valence-electron chi connectivity index (χ3n) is 3.35. The van der Waals surface area contributed by atoms with Gasteiger partial charge in [0.15, 0.2) is 5.96 Å². The molecule has 1 rings (SSSR count). The average molecular weight is 293 g/mol. The Kier molecular flexibility index (Phi) is 7.43. The van der Waals surface area contributed by atoms with Crippen molar-refractivity contribution in [2.24, 2.45) is 4.99 Å². The molecule has 1 aromatic rings. The van der Waals surface area contributed by atoms with Crippen molar-refractivity contribution in [3.8, 4) is 11.5 Å². The normalized spacial score (nSPS) is 11.2. The van der Waals surface area contributed by atoms with E-state index in [0.29, 0.717) is 6.54 Å². The second-order valence-corrected chi connectivity index (χ2v) is 4.85. The van der Waals surface area contributed by atoms with Gasteiger partial charge in [-0.05, 0) is 18.6 Å². The molecule has 0 radical (unpaired) electrons. The van der Waals surface area contributed by atoms with Gasteiger partial charge in [0.2, 0.25) is 0 Å². The van der Waals surface area contributed by atoms with Gasteiger partial charge in [-0.15, -0.1) is 0 Å². The van der Waals surface area contributed by atoms with E-state index in [1.807, 2.05) is 18.2 Å². The van der Waals surface area contributed by atoms with Gasteiger partial charge in [-0.2, -0.15) is 0 Å². The molecular formula is C16H27N3O2. The summed E-state index contributed by atoms with van der Waals surface area (Å²) < 4.78 is 10.6. The van der Waals surface area contributed by atoms with Gasteiger partial charge in [-0.25, -0.2) is 0 Å². The lowest BCUT2D eigenvalue weighted by atomic mass is 10.2. The maximum atomic E-state index is 5.41. The molecule has 0 bridgehead atoms. The molecule has 1 N–H and O–H groups in total. The van der Waals surface area contributed by atoms with Crippen LogP contribution in [0.15, 0.2) is 23.2 Å². The van der Waals surface area contributed by atoms with Crippen molar-refractivity contribution < 1.29 is 9.47 Å². The van der Waals surface area contributed by atoms with Gasteiger partial charge >= 0.3 is 0 Å². The number of nitrogens with one attached hydrogen (secondary N) is 1. The van der Waals surface area contributed by atoms with Gasteiger partial charge in [0.1, 0.15) is 11.5 Å². The molecule has 0 aliphatic rings. The Morgan fingerprint density at radius 1 is 1.29 bits per heavy atom. The number of unbranched alkanes of at least 4 members (excludes halogenated alkanes) is 1. The number of guanidine groups is 1. The molecule has 0 heterocycles. The van der Waals surface area contributed by atoms with E-state index in [9.17, 15) is 0 Å². The van der Waals surface area contributed by atoms with Crippen LogP contribution in [0.2, 0.25) is 0 Å². The third-order valence-corrected chi connectivity index (χ3v) is 3.35. The Hall–Kier alpha value is -1.91. The maximum Gasteiger partial charge on any atom is 0.193 e. The number of rotatable bonds is 7. The SMILES string of the molecule is CCCCN(C)C(=NC)NCc1ccc(OC)cc1OC. The molecule has 1 aromatic carbocycles. The van der Waals surface area contributed by atoms with Crippen molar-refractivity contribution in [3.63, 3.8) is 0 Å². The van der Waals surface area contributed by atoms with Crippen molar-refractivity contribution in [2.45, 2.75) is 26.3 Å². The van der Waals surface area contributed by atoms with Crippen molar-refractivity contribution >= 4 is 5.96 Å². The van der Waals surface area contributed by atoms with Crippen LogP contribution in [0.1, 0.15) is 25.3 Å². The van der Waals surface area contributed by atoms with Crippen molar-refractivity contribution in [1.82, 2.24) is 10.2 Å². The Labute approximate surface area is 128 Å². The first-order valence-electron chi connectivity index (χ1n) is 7.28. The largest absolute Gasteiger partial charge is 0.497 e. The van der Waals surface area contributed by atoms with Crippen LogP contribution in [0.4, 0.5) is 0 Å². The number of aliphatic imine (C=N–C) groups is 1. The van der Waals surface area contributed by atoms with E-state index >= 15 is 0 Å². The zero-order valence-electron chi connectivity index (χ0n) is 13.8. The lowest BCUT2D eigenvalue weighted by Gasteiger charge is -2.22. The van der Waals surface area contributed by atoms with E-state index in [0.717, 1.165) is 36.0 Å². The second-order valence-electron chi connectivity index (χ2n) is 4.85. The molecule has 0 saturated carbocycles. The Balaban J connectivity index is 2.68. The highest BCUT2D eigenvalue weighted by atomic mass is 16.5. The predicted octanol–water partition coefficient (Wildman–Crippen LogP) is 2.51. The molecule has 0 aliphatic carbocycles. The molecule has 0 unspecified atom stereocenters. The van der Waals surface area contributed by atoms with E-state index < -0.39 is 0 Å². The summed E-state index contributed by atoms with van der Waals surface area (Å²) in [6, 6.07) is 5.83. The first kappa shape index (κ1) is 17.1. The van der Waals surface area contributed by atoms with Crippen LogP contribution in [-0.4, -0.2) is 45.7 Å². The third kappa shape index (κ3) is 5.17. The highest BCUT2D eigenvalue weighted by molar-refractivity contribution is 5.79. The van der Waals surface area contributed by atoms with Crippen LogP contribution >= 0.6 is 0 Å². The van der Waals surface area contributed by atoms with Gasteiger partial charge in [0, 0.05) is 38.8 Å². The van der Waals surface area contributed by atoms with Gasteiger partial charge < -0.3 is 19.7 Å². The minimum Gasteiger partial charge on any atom is -0.497 e. The summed E-state index contributed by atoms with van der Waals surface area (Å²) in [7, 11) is 7.17. The van der Waals surface area contributed by atoms with Gasteiger partial charge in [-0.1, -0.05) is 13.3 Å². The quantitative estimate of drug-likeness (QED) is 0.620. The number of benzene rings is 1. The summed E-state index contributed by atoms with van der Waals surface area (Å²) >= 11 is 0. The average Bonchev–Trinajstić information content (AvgIpc) is 2.53. The van der Waals surface area contributed by atoms with E-state index in [1.165, 1.54) is 6.42 Å². The first-order valence-corrected chi connectivity index (χ1v) is 7.28. The van der Waals surface area contributed by atoms with E-state index in [-0.39, 0.29) is 0 Å². The number of nitrogens with zero attached hydrogens (tertiary/aromatic N) is 2. The lowest BCUT2D eigenvalue weighted by molar-refractivity contribution is 0.390. The molecule has 5 heteroatoms. The highest BCUT2D eigenvalue weighted by Gasteiger charge is 2.08. The molecule has 0 saturated heterocycles. The molecule has 5 nitrogen and oxygen atoms in total. The molecule has 0 aromatic heterocycles. The van der Waals surface area contributed by atoms with Crippen LogP contribution in [0.5, 0.6) is 11.5 Å². The Morgan fingerprint density at radius 3 is 2.62 bits per heavy atom. The summed E-state index contributed by atoms with van der Waals surface area (Å²) in [5.74, 6) is 2.50. The molecule has 118 valence electrons. The first-order chi connectivity index (χ1) is 10.2. The van der Waals surface area contributed by atoms with Gasteiger partial charge in [0.05, 0.1) is 14.2 Å². The number of hydrogen-bond acceptors (Lipinski definition) is 3. The monoisotopic (exact) mass is 293 g/mol. The molecule has 0 spiro atoms. The van der Waals surface area contributed by atoms with Crippen molar-refractivity contribution in [2.75, 3.05) is 34.9 Å². The topological polar surface area (TPSA) is 46.1 Å². The van der Waals surface area contributed by atoms with Crippen molar-refractivity contribution in [3.05, 3.63) is 23.8 Å². The molecule has 0 aliphatic heterocycles. The second kappa shape index (κ2) is 9.10. The summed E-state index contributed by atoms with van der Waals surface area (Å²) in [6.07, 6.45) is 2.33. The fourth-order valence-corrected chi connectivity index (χ4v) is 2.06. The van der Waals surface area contributed by atoms with E-state index in [4.69, 9.17) is 9.47 Å². The standard InChI is InChI=1S/C16H27N3O2/c1-6-7-10-19(3)16(17-2)18-12-13-8-9-14(20-4)11-15(13)21-5/h8-9,11H,6-7,10,12H2,1-5H3,(H,17,18). The van der Waals surface area contributed by atoms with Crippen LogP contribution in [0.25, 0.3) is 0 Å². The van der Waals surface area contributed by atoms with Crippen LogP contribution in [0.3, 0.4) is 0 Å². The predicted molar refractivity (Wildman–Crippen MR) is 87.3 cm³/mol. The molecule has 0 fully saturated rings. The summed E-state index contributed by atoms with van der Waals surface area (Å²) in [4.78, 5) is 6.45. The van der Waals surface area contributed by atoms with Crippen LogP contribution in [-0.2, 0) is 6.54 Å². The summed E-state index contributed by atoms with van der Waals surface area (Å²) in [5.41, 5.74) is 1.07. The van der Waals surface area contributed by atoms with Crippen LogP contribution < -0.4 is 14.8 Å². The lowest BCUT2D eigenvalue weighted by Crippen LogP contribution is -2.39. The molecule has 21 heavy (non-hydrogen) atoms. The Morgan fingerprint density at radius 2 is 2.05 bits per heavy atom. The maximum absolute atomic E-state index is 5.41. The fourth-order valence-electron chi connectivity index (χ4n) is 2.06. The zero-order valence-corrected chi connectivity index (χ0v) is 13.8. The fraction of sp³-hybridized carbons (Fsp3) is 0.562. The molecule has 0 amide bonds. The van der Waals surface area contributed by atoms with E-state index in [2.05, 4.69) is 29.2 Å². The van der Waals surface area contributed by atoms with Gasteiger partial charge in [-0.3, -0.25) is 4.99 Å². The zero-order chi connectivity index (χ0) is 15.7. The number of methoxy groups -OCH3 is 2. The van der Waals surface area contributed by atoms with Crippen LogP contribution in [0, 0.1) is 0 Å². The molecular weight excluding hydrogens is 266 g/mol. The Bertz CT molecular complexity index is 461.